The molecule has 1 heteroatoms. The van der Waals surface area contributed by atoms with E-state index in [1.807, 2.05) is 12.2 Å². The maximum Gasteiger partial charge on any atom is -0.0204 e. The van der Waals surface area contributed by atoms with Crippen LogP contribution >= 0.6 is 0 Å². The third-order valence-electron chi connectivity index (χ3n) is 1.33. The molecule has 0 saturated heterocycles. The lowest BCUT2D eigenvalue weighted by Crippen LogP contribution is -1.88. The first-order chi connectivity index (χ1) is 3.85. The van der Waals surface area contributed by atoms with E-state index in [9.17, 15) is 0 Å². The molecule has 54 valence electrons. The molecule has 0 spiro atoms. The minimum absolute atomic E-state index is 0. The normalized spacial score (nSPS) is 11.2. The largest absolute Gasteiger partial charge is 0.412 e. The lowest BCUT2D eigenvalue weighted by molar-refractivity contribution is 0.640. The lowest BCUT2D eigenvalue weighted by Gasteiger charge is -2.02. The fourth-order valence-corrected chi connectivity index (χ4v) is 0.644. The zero-order valence-electron chi connectivity index (χ0n) is 6.06. The van der Waals surface area contributed by atoms with E-state index in [1.54, 1.807) is 0 Å². The van der Waals surface area contributed by atoms with Crippen LogP contribution in [0.5, 0.6) is 0 Å². The summed E-state index contributed by atoms with van der Waals surface area (Å²) in [7, 11) is 0. The van der Waals surface area contributed by atoms with Crippen LogP contribution in [0.2, 0.25) is 0 Å². The molecular weight excluding hydrogens is 112 g/mol. The molecule has 0 bridgehead atoms. The third-order valence-corrected chi connectivity index (χ3v) is 1.33. The van der Waals surface area contributed by atoms with Crippen LogP contribution in [-0.2, 0) is 0 Å². The molecule has 0 fully saturated rings. The summed E-state index contributed by atoms with van der Waals surface area (Å²) in [4.78, 5) is 0. The molecule has 0 aromatic heterocycles. The Morgan fingerprint density at radius 2 is 2.00 bits per heavy atom. The smallest absolute Gasteiger partial charge is 0.0204 e. The van der Waals surface area contributed by atoms with Gasteiger partial charge < -0.3 is 5.48 Å². The van der Waals surface area contributed by atoms with E-state index < -0.39 is 0 Å². The van der Waals surface area contributed by atoms with Gasteiger partial charge in [-0.15, -0.1) is 13.2 Å². The van der Waals surface area contributed by atoms with Crippen molar-refractivity contribution >= 4 is 0 Å². The Kier molecular flexibility index (Phi) is 9.31. The van der Waals surface area contributed by atoms with Crippen LogP contribution in [0.4, 0.5) is 0 Å². The van der Waals surface area contributed by atoms with E-state index in [4.69, 9.17) is 0 Å². The predicted octanol–water partition coefficient (Wildman–Crippen LogP) is 1.95. The van der Waals surface area contributed by atoms with Crippen molar-refractivity contribution in [2.24, 2.45) is 5.92 Å². The first kappa shape index (κ1) is 11.3. The van der Waals surface area contributed by atoms with E-state index in [0.717, 1.165) is 6.42 Å². The summed E-state index contributed by atoms with van der Waals surface area (Å²) in [5, 5.41) is 0. The van der Waals surface area contributed by atoms with Gasteiger partial charge in [0.2, 0.25) is 0 Å². The first-order valence-corrected chi connectivity index (χ1v) is 3.08. The van der Waals surface area contributed by atoms with Crippen molar-refractivity contribution < 1.29 is 5.48 Å². The van der Waals surface area contributed by atoms with Gasteiger partial charge in [-0.2, -0.15) is 0 Å². The highest BCUT2D eigenvalue weighted by molar-refractivity contribution is 4.83. The van der Waals surface area contributed by atoms with Crippen LogP contribution in [0.25, 0.3) is 0 Å². The number of hydrogen-bond donors (Lipinski definition) is 0. The zero-order valence-corrected chi connectivity index (χ0v) is 6.06. The van der Waals surface area contributed by atoms with Gasteiger partial charge in [-0.05, 0) is 18.8 Å². The average molecular weight is 128 g/mol. The van der Waals surface area contributed by atoms with Gasteiger partial charge in [0.25, 0.3) is 0 Å². The van der Waals surface area contributed by atoms with Gasteiger partial charge in [-0.25, -0.2) is 0 Å². The van der Waals surface area contributed by atoms with Crippen LogP contribution in [0.15, 0.2) is 25.3 Å². The molecule has 0 aliphatic heterocycles. The van der Waals surface area contributed by atoms with Gasteiger partial charge in [-0.3, -0.25) is 0 Å². The zero-order chi connectivity index (χ0) is 6.41. The monoisotopic (exact) mass is 128 g/mol. The fourth-order valence-electron chi connectivity index (χ4n) is 0.644. The van der Waals surface area contributed by atoms with Crippen molar-refractivity contribution in [2.45, 2.75) is 19.8 Å². The summed E-state index contributed by atoms with van der Waals surface area (Å²) in [5.74, 6) is 0.646. The van der Waals surface area contributed by atoms with Crippen LogP contribution < -0.4 is 0 Å². The molecule has 0 aliphatic carbocycles. The van der Waals surface area contributed by atoms with Gasteiger partial charge in [0.15, 0.2) is 0 Å². The summed E-state index contributed by atoms with van der Waals surface area (Å²) in [5.41, 5.74) is 0. The Balaban J connectivity index is 0. The van der Waals surface area contributed by atoms with Gasteiger partial charge in [0.1, 0.15) is 0 Å². The Morgan fingerprint density at radius 3 is 2.11 bits per heavy atom. The van der Waals surface area contributed by atoms with E-state index in [0.29, 0.717) is 5.92 Å². The molecule has 0 rings (SSSR count). The molecule has 0 saturated carbocycles. The molecule has 0 amide bonds. The Bertz CT molecular complexity index is 76.6. The number of hydrogen-bond acceptors (Lipinski definition) is 0. The van der Waals surface area contributed by atoms with Gasteiger partial charge in [0, 0.05) is 0 Å². The second-order valence-corrected chi connectivity index (χ2v) is 1.93. The van der Waals surface area contributed by atoms with Crippen molar-refractivity contribution in [3.63, 3.8) is 0 Å². The standard InChI is InChI=1S/C8H14.H2O/c1-4-7-8(5-2)6-3;/h4-5,8H,1-2,6-7H2,3H3;1H2. The Hall–Kier alpha value is -0.560. The van der Waals surface area contributed by atoms with Gasteiger partial charge in [-0.1, -0.05) is 19.1 Å². The predicted molar refractivity (Wildman–Crippen MR) is 42.4 cm³/mol. The van der Waals surface area contributed by atoms with Crippen LogP contribution in [0.1, 0.15) is 19.8 Å². The lowest BCUT2D eigenvalue weighted by atomic mass is 10.0. The molecule has 0 aromatic rings. The third kappa shape index (κ3) is 5.31. The summed E-state index contributed by atoms with van der Waals surface area (Å²) >= 11 is 0. The summed E-state index contributed by atoms with van der Waals surface area (Å²) in [6.07, 6.45) is 6.17. The molecule has 2 N–H and O–H groups in total. The van der Waals surface area contributed by atoms with Gasteiger partial charge in [0.05, 0.1) is 0 Å². The molecule has 0 aliphatic rings. The first-order valence-electron chi connectivity index (χ1n) is 3.08. The van der Waals surface area contributed by atoms with Crippen molar-refractivity contribution in [1.82, 2.24) is 0 Å². The fraction of sp³-hybridized carbons (Fsp3) is 0.500. The molecule has 0 aromatic carbocycles. The van der Waals surface area contributed by atoms with E-state index >= 15 is 0 Å². The summed E-state index contributed by atoms with van der Waals surface area (Å²) < 4.78 is 0. The molecule has 1 unspecified atom stereocenters. The second-order valence-electron chi connectivity index (χ2n) is 1.93. The van der Waals surface area contributed by atoms with Crippen LogP contribution in [-0.4, -0.2) is 5.48 Å². The molecule has 1 atom stereocenters. The molecular formula is C8H16O. The summed E-state index contributed by atoms with van der Waals surface area (Å²) in [6.45, 7) is 9.51. The van der Waals surface area contributed by atoms with Crippen LogP contribution in [0.3, 0.4) is 0 Å². The second kappa shape index (κ2) is 7.44. The number of rotatable bonds is 4. The SMILES string of the molecule is C=CCC(C=C)CC.O. The molecule has 9 heavy (non-hydrogen) atoms. The maximum atomic E-state index is 3.70. The van der Waals surface area contributed by atoms with E-state index in [1.165, 1.54) is 6.42 Å². The van der Waals surface area contributed by atoms with E-state index in [-0.39, 0.29) is 5.48 Å². The average Bonchev–Trinajstić information content (AvgIpc) is 1.83. The molecule has 0 heterocycles. The van der Waals surface area contributed by atoms with Crippen molar-refractivity contribution in [2.75, 3.05) is 0 Å². The molecule has 1 nitrogen and oxygen atoms in total. The minimum atomic E-state index is 0. The number of allylic oxidation sites excluding steroid dienone is 2. The maximum absolute atomic E-state index is 3.70. The minimum Gasteiger partial charge on any atom is -0.412 e. The highest BCUT2D eigenvalue weighted by atomic mass is 16.0. The van der Waals surface area contributed by atoms with Gasteiger partial charge >= 0.3 is 0 Å². The van der Waals surface area contributed by atoms with Crippen molar-refractivity contribution in [3.8, 4) is 0 Å². The quantitative estimate of drug-likeness (QED) is 0.518. The highest BCUT2D eigenvalue weighted by Crippen LogP contribution is 2.07. The Morgan fingerprint density at radius 1 is 1.44 bits per heavy atom. The van der Waals surface area contributed by atoms with Crippen molar-refractivity contribution in [1.29, 1.82) is 0 Å². The molecule has 0 radical (unpaired) electrons. The highest BCUT2D eigenvalue weighted by Gasteiger charge is 1.94. The van der Waals surface area contributed by atoms with Crippen LogP contribution in [0, 0.1) is 5.92 Å². The summed E-state index contributed by atoms with van der Waals surface area (Å²) in [6, 6.07) is 0. The van der Waals surface area contributed by atoms with E-state index in [2.05, 4.69) is 20.1 Å². The van der Waals surface area contributed by atoms with Crippen molar-refractivity contribution in [3.05, 3.63) is 25.3 Å². The topological polar surface area (TPSA) is 31.5 Å². The Labute approximate surface area is 57.4 Å².